The second kappa shape index (κ2) is 10.8. The maximum atomic E-state index is 15.5. The van der Waals surface area contributed by atoms with Crippen molar-refractivity contribution in [3.63, 3.8) is 0 Å². The number of nitrogens with zero attached hydrogens (tertiary/aromatic N) is 4. The molecular weight excluding hydrogens is 467 g/mol. The van der Waals surface area contributed by atoms with E-state index in [-0.39, 0.29) is 17.1 Å². The van der Waals surface area contributed by atoms with Gasteiger partial charge in [0, 0.05) is 57.2 Å². The molecule has 7 heteroatoms. The van der Waals surface area contributed by atoms with Crippen molar-refractivity contribution >= 4 is 17.3 Å². The molecule has 5 aliphatic heterocycles. The number of hydrogen-bond acceptors (Lipinski definition) is 5. The van der Waals surface area contributed by atoms with Crippen molar-refractivity contribution in [3.8, 4) is 0 Å². The second-order valence-corrected chi connectivity index (χ2v) is 12.5. The molecule has 5 heterocycles. The summed E-state index contributed by atoms with van der Waals surface area (Å²) in [4.78, 5) is 22.9. The molecule has 2 atom stereocenters. The lowest BCUT2D eigenvalue weighted by atomic mass is 9.77. The molecule has 6 nitrogen and oxygen atoms in total. The summed E-state index contributed by atoms with van der Waals surface area (Å²) < 4.78 is 21.0. The van der Waals surface area contributed by atoms with Crippen LogP contribution in [0.2, 0.25) is 0 Å². The van der Waals surface area contributed by atoms with E-state index in [0.29, 0.717) is 24.3 Å². The molecule has 1 spiro atoms. The average molecular weight is 513 g/mol. The Morgan fingerprint density at radius 2 is 1.76 bits per heavy atom. The van der Waals surface area contributed by atoms with Crippen molar-refractivity contribution in [1.82, 2.24) is 9.80 Å². The van der Waals surface area contributed by atoms with Crippen LogP contribution in [0.1, 0.15) is 64.7 Å². The number of likely N-dealkylation sites (tertiary alicyclic amines) is 2. The standard InChI is InChI=1S/C30H45FN4O2/c1-23-4-2-3-13-34(23)26-7-14-33(22-26)25-5-6-28(27(31)20-25)35-17-12-30(29(35)36)10-15-32(16-11-30)21-24-8-18-37-19-9-24/h5-6,20,23-24,26H,2-4,7-19,21-22H2,1H3/t23-,26-/m0/s1. The van der Waals surface area contributed by atoms with Gasteiger partial charge in [-0.15, -0.1) is 0 Å². The predicted octanol–water partition coefficient (Wildman–Crippen LogP) is 4.52. The highest BCUT2D eigenvalue weighted by Crippen LogP contribution is 2.44. The van der Waals surface area contributed by atoms with Gasteiger partial charge in [-0.05, 0) is 102 Å². The van der Waals surface area contributed by atoms with Gasteiger partial charge in [-0.1, -0.05) is 6.42 Å². The zero-order chi connectivity index (χ0) is 25.4. The highest BCUT2D eigenvalue weighted by molar-refractivity contribution is 6.00. The zero-order valence-electron chi connectivity index (χ0n) is 22.7. The molecule has 0 bridgehead atoms. The Labute approximate surface area is 222 Å². The van der Waals surface area contributed by atoms with Crippen molar-refractivity contribution < 1.29 is 13.9 Å². The Morgan fingerprint density at radius 3 is 2.51 bits per heavy atom. The lowest BCUT2D eigenvalue weighted by molar-refractivity contribution is -0.128. The van der Waals surface area contributed by atoms with Crippen molar-refractivity contribution in [2.45, 2.75) is 76.8 Å². The van der Waals surface area contributed by atoms with Crippen LogP contribution < -0.4 is 9.80 Å². The van der Waals surface area contributed by atoms with E-state index in [4.69, 9.17) is 4.74 Å². The predicted molar refractivity (Wildman–Crippen MR) is 146 cm³/mol. The maximum absolute atomic E-state index is 15.5. The van der Waals surface area contributed by atoms with Crippen LogP contribution in [-0.4, -0.2) is 86.8 Å². The van der Waals surface area contributed by atoms with Gasteiger partial charge in [0.15, 0.2) is 0 Å². The number of hydrogen-bond donors (Lipinski definition) is 0. The van der Waals surface area contributed by atoms with Crippen LogP contribution >= 0.6 is 0 Å². The van der Waals surface area contributed by atoms with E-state index in [0.717, 1.165) is 96.1 Å². The van der Waals surface area contributed by atoms with Crippen LogP contribution in [-0.2, 0) is 9.53 Å². The van der Waals surface area contributed by atoms with Gasteiger partial charge in [-0.2, -0.15) is 0 Å². The molecule has 0 aromatic heterocycles. The summed E-state index contributed by atoms with van der Waals surface area (Å²) in [6, 6.07) is 6.79. The first kappa shape index (κ1) is 25.6. The number of anilines is 2. The van der Waals surface area contributed by atoms with Crippen molar-refractivity contribution in [2.75, 3.05) is 68.8 Å². The fourth-order valence-corrected chi connectivity index (χ4v) is 7.79. The molecule has 0 unspecified atom stereocenters. The minimum absolute atomic E-state index is 0.144. The first-order chi connectivity index (χ1) is 18.0. The van der Waals surface area contributed by atoms with Crippen molar-refractivity contribution in [3.05, 3.63) is 24.0 Å². The summed E-state index contributed by atoms with van der Waals surface area (Å²) in [5, 5.41) is 0. The number of ether oxygens (including phenoxy) is 1. The number of carbonyl (C=O) groups is 1. The molecule has 0 N–H and O–H groups in total. The van der Waals surface area contributed by atoms with E-state index < -0.39 is 0 Å². The van der Waals surface area contributed by atoms with Gasteiger partial charge in [-0.25, -0.2) is 4.39 Å². The van der Waals surface area contributed by atoms with Crippen molar-refractivity contribution in [1.29, 1.82) is 0 Å². The molecule has 5 fully saturated rings. The minimum Gasteiger partial charge on any atom is -0.381 e. The average Bonchev–Trinajstić information content (AvgIpc) is 3.52. The molecule has 5 saturated heterocycles. The van der Waals surface area contributed by atoms with E-state index in [9.17, 15) is 4.79 Å². The smallest absolute Gasteiger partial charge is 0.233 e. The molecule has 6 rings (SSSR count). The van der Waals surface area contributed by atoms with Gasteiger partial charge in [0.2, 0.25) is 5.91 Å². The quantitative estimate of drug-likeness (QED) is 0.580. The summed E-state index contributed by atoms with van der Waals surface area (Å²) >= 11 is 0. The Balaban J connectivity index is 1.06. The van der Waals surface area contributed by atoms with E-state index in [1.807, 2.05) is 12.1 Å². The fraction of sp³-hybridized carbons (Fsp3) is 0.767. The summed E-state index contributed by atoms with van der Waals surface area (Å²) in [6.45, 7) is 11.0. The van der Waals surface area contributed by atoms with Gasteiger partial charge < -0.3 is 19.4 Å². The largest absolute Gasteiger partial charge is 0.381 e. The highest BCUT2D eigenvalue weighted by atomic mass is 19.1. The lowest BCUT2D eigenvalue weighted by Crippen LogP contribution is -2.46. The van der Waals surface area contributed by atoms with E-state index in [2.05, 4.69) is 21.6 Å². The molecule has 1 aromatic rings. The highest BCUT2D eigenvalue weighted by Gasteiger charge is 2.49. The normalized spacial score (nSPS) is 30.1. The zero-order valence-corrected chi connectivity index (χ0v) is 22.7. The molecule has 5 aliphatic rings. The number of carbonyl (C=O) groups excluding carboxylic acids is 1. The first-order valence-electron chi connectivity index (χ1n) is 14.9. The SMILES string of the molecule is C[C@H]1CCCCN1[C@H]1CCN(c2ccc(N3CCC4(CCN(CC5CCOCC5)CC4)C3=O)c(F)c2)C1. The Bertz CT molecular complexity index is 959. The molecule has 0 aliphatic carbocycles. The van der Waals surface area contributed by atoms with Crippen LogP contribution in [0, 0.1) is 17.2 Å². The van der Waals surface area contributed by atoms with E-state index in [1.165, 1.54) is 25.8 Å². The minimum atomic E-state index is -0.301. The fourth-order valence-electron chi connectivity index (χ4n) is 7.79. The third kappa shape index (κ3) is 5.16. The van der Waals surface area contributed by atoms with Gasteiger partial charge in [0.25, 0.3) is 0 Å². The van der Waals surface area contributed by atoms with Crippen molar-refractivity contribution in [2.24, 2.45) is 11.3 Å². The Kier molecular flexibility index (Phi) is 7.48. The third-order valence-electron chi connectivity index (χ3n) is 10.3. The molecule has 37 heavy (non-hydrogen) atoms. The number of benzene rings is 1. The molecular formula is C30H45FN4O2. The second-order valence-electron chi connectivity index (χ2n) is 12.5. The number of piperidine rings is 2. The number of amides is 1. The summed E-state index contributed by atoms with van der Waals surface area (Å²) in [6.07, 6.45) is 10.0. The molecule has 1 amide bonds. The molecule has 1 aromatic carbocycles. The maximum Gasteiger partial charge on any atom is 0.233 e. The van der Waals surface area contributed by atoms with Gasteiger partial charge in [0.05, 0.1) is 11.1 Å². The first-order valence-corrected chi connectivity index (χ1v) is 14.9. The van der Waals surface area contributed by atoms with Crippen LogP contribution in [0.25, 0.3) is 0 Å². The number of halogens is 1. The van der Waals surface area contributed by atoms with Gasteiger partial charge in [-0.3, -0.25) is 9.69 Å². The summed E-state index contributed by atoms with van der Waals surface area (Å²) in [5.41, 5.74) is 1.12. The molecule has 0 saturated carbocycles. The van der Waals surface area contributed by atoms with Crippen LogP contribution in [0.4, 0.5) is 15.8 Å². The van der Waals surface area contributed by atoms with Crippen LogP contribution in [0.15, 0.2) is 18.2 Å². The van der Waals surface area contributed by atoms with Gasteiger partial charge >= 0.3 is 0 Å². The Hall–Kier alpha value is -1.70. The monoisotopic (exact) mass is 512 g/mol. The molecule has 0 radical (unpaired) electrons. The molecule has 204 valence electrons. The third-order valence-corrected chi connectivity index (χ3v) is 10.3. The summed E-state index contributed by atoms with van der Waals surface area (Å²) in [5.74, 6) is 0.611. The summed E-state index contributed by atoms with van der Waals surface area (Å²) in [7, 11) is 0. The Morgan fingerprint density at radius 1 is 0.973 bits per heavy atom. The van der Waals surface area contributed by atoms with Gasteiger partial charge in [0.1, 0.15) is 5.82 Å². The lowest BCUT2D eigenvalue weighted by Gasteiger charge is -2.39. The van der Waals surface area contributed by atoms with E-state index >= 15 is 4.39 Å². The van der Waals surface area contributed by atoms with E-state index in [1.54, 1.807) is 11.0 Å². The van der Waals surface area contributed by atoms with Crippen LogP contribution in [0.3, 0.4) is 0 Å². The number of rotatable bonds is 5. The van der Waals surface area contributed by atoms with Crippen LogP contribution in [0.5, 0.6) is 0 Å². The topological polar surface area (TPSA) is 39.3 Å².